The average molecular weight is 311 g/mol. The summed E-state index contributed by atoms with van der Waals surface area (Å²) in [7, 11) is 1.75. The molecule has 0 spiro atoms. The van der Waals surface area contributed by atoms with Gasteiger partial charge in [0, 0.05) is 11.5 Å². The Morgan fingerprint density at radius 2 is 2.33 bits per heavy atom. The number of phenolic OH excluding ortho intramolecular Hbond substituents is 1. The Balaban J connectivity index is 2.03. The molecular formula is C11H11BrN4O2. The van der Waals surface area contributed by atoms with Crippen LogP contribution in [0.2, 0.25) is 0 Å². The number of amides is 1. The average Bonchev–Trinajstić information content (AvgIpc) is 2.72. The van der Waals surface area contributed by atoms with Gasteiger partial charge in [0.15, 0.2) is 5.82 Å². The van der Waals surface area contributed by atoms with Gasteiger partial charge in [-0.15, -0.1) is 0 Å². The number of benzene rings is 1. The fraction of sp³-hybridized carbons (Fsp3) is 0.182. The Labute approximate surface area is 112 Å². The van der Waals surface area contributed by atoms with E-state index in [1.165, 1.54) is 6.07 Å². The van der Waals surface area contributed by atoms with Crippen molar-refractivity contribution in [3.05, 3.63) is 40.4 Å². The number of aromatic nitrogens is 3. The zero-order valence-corrected chi connectivity index (χ0v) is 11.2. The minimum absolute atomic E-state index is 0.0733. The molecule has 1 aromatic heterocycles. The van der Waals surface area contributed by atoms with E-state index in [1.807, 2.05) is 0 Å². The van der Waals surface area contributed by atoms with E-state index in [4.69, 9.17) is 0 Å². The van der Waals surface area contributed by atoms with E-state index < -0.39 is 0 Å². The molecule has 2 rings (SSSR count). The maximum absolute atomic E-state index is 11.8. The van der Waals surface area contributed by atoms with Gasteiger partial charge in [0.2, 0.25) is 0 Å². The van der Waals surface area contributed by atoms with Crippen LogP contribution in [0.5, 0.6) is 5.75 Å². The summed E-state index contributed by atoms with van der Waals surface area (Å²) in [5, 5.41) is 16.3. The van der Waals surface area contributed by atoms with Gasteiger partial charge < -0.3 is 10.4 Å². The lowest BCUT2D eigenvalue weighted by atomic mass is 10.2. The number of aryl methyl sites for hydroxylation is 1. The highest BCUT2D eigenvalue weighted by Crippen LogP contribution is 2.22. The third-order valence-corrected chi connectivity index (χ3v) is 2.75. The number of hydrogen-bond acceptors (Lipinski definition) is 4. The molecule has 0 radical (unpaired) electrons. The van der Waals surface area contributed by atoms with E-state index in [1.54, 1.807) is 30.2 Å². The summed E-state index contributed by atoms with van der Waals surface area (Å²) in [6.07, 6.45) is 1.55. The van der Waals surface area contributed by atoms with E-state index >= 15 is 0 Å². The quantitative estimate of drug-likeness (QED) is 0.893. The number of phenols is 1. The fourth-order valence-electron chi connectivity index (χ4n) is 1.42. The molecule has 0 atom stereocenters. The first-order chi connectivity index (χ1) is 8.56. The number of nitrogens with one attached hydrogen (secondary N) is 1. The predicted octanol–water partition coefficient (Wildman–Crippen LogP) is 1.21. The summed E-state index contributed by atoms with van der Waals surface area (Å²) in [5.74, 6) is 0.0748. The van der Waals surface area contributed by atoms with Crippen LogP contribution >= 0.6 is 15.9 Å². The first-order valence-corrected chi connectivity index (χ1v) is 5.97. The van der Waals surface area contributed by atoms with Gasteiger partial charge in [-0.05, 0) is 18.2 Å². The minimum Gasteiger partial charge on any atom is -0.507 e. The number of rotatable bonds is 3. The maximum atomic E-state index is 11.8. The highest BCUT2D eigenvalue weighted by molar-refractivity contribution is 9.10. The van der Waals surface area contributed by atoms with Crippen molar-refractivity contribution in [2.45, 2.75) is 6.54 Å². The molecule has 0 aliphatic rings. The van der Waals surface area contributed by atoms with Gasteiger partial charge in [-0.25, -0.2) is 4.98 Å². The van der Waals surface area contributed by atoms with Crippen LogP contribution in [0.1, 0.15) is 16.2 Å². The van der Waals surface area contributed by atoms with Gasteiger partial charge in [-0.3, -0.25) is 9.48 Å². The lowest BCUT2D eigenvalue weighted by molar-refractivity contribution is 0.0947. The molecule has 0 aliphatic heterocycles. The van der Waals surface area contributed by atoms with Crippen molar-refractivity contribution in [2.24, 2.45) is 7.05 Å². The lowest BCUT2D eigenvalue weighted by Crippen LogP contribution is -2.23. The Kier molecular flexibility index (Phi) is 3.61. The maximum Gasteiger partial charge on any atom is 0.255 e. The molecule has 0 bridgehead atoms. The SMILES string of the molecule is Cn1cnc(CNC(=O)c2ccc(Br)cc2O)n1. The van der Waals surface area contributed by atoms with Gasteiger partial charge >= 0.3 is 0 Å². The molecule has 0 saturated carbocycles. The number of carbonyl (C=O) groups excluding carboxylic acids is 1. The molecule has 1 aromatic carbocycles. The van der Waals surface area contributed by atoms with Crippen LogP contribution in [-0.2, 0) is 13.6 Å². The number of carbonyl (C=O) groups is 1. The topological polar surface area (TPSA) is 80.0 Å². The van der Waals surface area contributed by atoms with Crippen LogP contribution in [0.4, 0.5) is 0 Å². The molecule has 0 saturated heterocycles. The monoisotopic (exact) mass is 310 g/mol. The zero-order chi connectivity index (χ0) is 13.1. The molecule has 1 heterocycles. The molecular weight excluding hydrogens is 300 g/mol. The molecule has 0 aliphatic carbocycles. The predicted molar refractivity (Wildman–Crippen MR) is 68.0 cm³/mol. The van der Waals surface area contributed by atoms with Gasteiger partial charge in [0.1, 0.15) is 12.1 Å². The second kappa shape index (κ2) is 5.18. The van der Waals surface area contributed by atoms with E-state index in [-0.39, 0.29) is 23.8 Å². The molecule has 2 aromatic rings. The van der Waals surface area contributed by atoms with Crippen LogP contribution in [0.3, 0.4) is 0 Å². The van der Waals surface area contributed by atoms with Crippen LogP contribution in [-0.4, -0.2) is 25.8 Å². The Bertz CT molecular complexity index is 582. The van der Waals surface area contributed by atoms with Crippen molar-refractivity contribution in [2.75, 3.05) is 0 Å². The van der Waals surface area contributed by atoms with E-state index in [0.29, 0.717) is 10.3 Å². The van der Waals surface area contributed by atoms with Crippen molar-refractivity contribution in [3.8, 4) is 5.75 Å². The summed E-state index contributed by atoms with van der Waals surface area (Å²) in [4.78, 5) is 15.8. The first kappa shape index (κ1) is 12.6. The molecule has 1 amide bonds. The third-order valence-electron chi connectivity index (χ3n) is 2.26. The normalized spacial score (nSPS) is 10.3. The van der Waals surface area contributed by atoms with Crippen LogP contribution in [0, 0.1) is 0 Å². The standard InChI is InChI=1S/C11H11BrN4O2/c1-16-6-14-10(15-16)5-13-11(18)8-3-2-7(12)4-9(8)17/h2-4,6,17H,5H2,1H3,(H,13,18). The van der Waals surface area contributed by atoms with Crippen molar-refractivity contribution < 1.29 is 9.90 Å². The van der Waals surface area contributed by atoms with Crippen molar-refractivity contribution in [1.29, 1.82) is 0 Å². The van der Waals surface area contributed by atoms with Crippen molar-refractivity contribution in [1.82, 2.24) is 20.1 Å². The third kappa shape index (κ3) is 2.86. The smallest absolute Gasteiger partial charge is 0.255 e. The van der Waals surface area contributed by atoms with Crippen LogP contribution in [0.15, 0.2) is 29.0 Å². The van der Waals surface area contributed by atoms with Gasteiger partial charge in [-0.1, -0.05) is 15.9 Å². The van der Waals surface area contributed by atoms with Crippen LogP contribution in [0.25, 0.3) is 0 Å². The zero-order valence-electron chi connectivity index (χ0n) is 9.59. The molecule has 0 fully saturated rings. The van der Waals surface area contributed by atoms with Gasteiger partial charge in [-0.2, -0.15) is 5.10 Å². The summed E-state index contributed by atoms with van der Waals surface area (Å²) < 4.78 is 2.27. The molecule has 2 N–H and O–H groups in total. The highest BCUT2D eigenvalue weighted by atomic mass is 79.9. The molecule has 0 unspecified atom stereocenters. The van der Waals surface area contributed by atoms with Crippen LogP contribution < -0.4 is 5.32 Å². The second-order valence-electron chi connectivity index (χ2n) is 3.68. The van der Waals surface area contributed by atoms with Crippen molar-refractivity contribution >= 4 is 21.8 Å². The molecule has 6 nitrogen and oxygen atoms in total. The summed E-state index contributed by atoms with van der Waals surface area (Å²) in [6, 6.07) is 4.70. The Morgan fingerprint density at radius 1 is 1.56 bits per heavy atom. The van der Waals surface area contributed by atoms with Crippen molar-refractivity contribution in [3.63, 3.8) is 0 Å². The Morgan fingerprint density at radius 3 is 2.94 bits per heavy atom. The largest absolute Gasteiger partial charge is 0.507 e. The molecule has 18 heavy (non-hydrogen) atoms. The highest BCUT2D eigenvalue weighted by Gasteiger charge is 2.11. The number of hydrogen-bond donors (Lipinski definition) is 2. The van der Waals surface area contributed by atoms with Gasteiger partial charge in [0.05, 0.1) is 12.1 Å². The van der Waals surface area contributed by atoms with Gasteiger partial charge in [0.25, 0.3) is 5.91 Å². The summed E-state index contributed by atoms with van der Waals surface area (Å²) in [5.41, 5.74) is 0.217. The molecule has 7 heteroatoms. The number of halogens is 1. The lowest BCUT2D eigenvalue weighted by Gasteiger charge is -2.05. The second-order valence-corrected chi connectivity index (χ2v) is 4.59. The summed E-state index contributed by atoms with van der Waals surface area (Å²) in [6.45, 7) is 0.217. The number of aromatic hydroxyl groups is 1. The first-order valence-electron chi connectivity index (χ1n) is 5.17. The number of nitrogens with zero attached hydrogens (tertiary/aromatic N) is 3. The molecule has 94 valence electrons. The fourth-order valence-corrected chi connectivity index (χ4v) is 1.77. The van der Waals surface area contributed by atoms with E-state index in [2.05, 4.69) is 31.3 Å². The van der Waals surface area contributed by atoms with E-state index in [9.17, 15) is 9.90 Å². The minimum atomic E-state index is -0.368. The summed E-state index contributed by atoms with van der Waals surface area (Å²) >= 11 is 3.21. The van der Waals surface area contributed by atoms with E-state index in [0.717, 1.165) is 0 Å². The Hall–Kier alpha value is -1.89.